The molecule has 0 aliphatic rings. The number of hydrogen-bond acceptors (Lipinski definition) is 6. The summed E-state index contributed by atoms with van der Waals surface area (Å²) in [5, 5.41) is 21.6. The zero-order valence-electron chi connectivity index (χ0n) is 18.4. The number of ketones is 1. The van der Waals surface area contributed by atoms with Gasteiger partial charge in [-0.25, -0.2) is 4.79 Å². The second kappa shape index (κ2) is 7.59. The number of carbonyl (C=O) groups excluding carboxylic acids is 2. The lowest BCUT2D eigenvalue weighted by atomic mass is 9.75. The largest absolute Gasteiger partial charge is 0.493 e. The Morgan fingerprint density at radius 1 is 1.07 bits per heavy atom. The summed E-state index contributed by atoms with van der Waals surface area (Å²) in [5.74, 6) is -0.215. The number of fused-ring (bicyclic) bond motifs is 1. The van der Waals surface area contributed by atoms with Crippen LogP contribution < -0.4 is 5.46 Å². The summed E-state index contributed by atoms with van der Waals surface area (Å²) in [6.07, 6.45) is 0.777. The van der Waals surface area contributed by atoms with Gasteiger partial charge >= 0.3 is 13.2 Å². The normalized spacial score (nSPS) is 12.9. The van der Waals surface area contributed by atoms with Gasteiger partial charge < -0.3 is 19.5 Å². The number of nitrogens with zero attached hydrogens (tertiary/aromatic N) is 1. The predicted octanol–water partition coefficient (Wildman–Crippen LogP) is 2.88. The third kappa shape index (κ3) is 4.89. The Kier molecular flexibility index (Phi) is 6.05. The molecule has 2 N–H and O–H groups in total. The van der Waals surface area contributed by atoms with Crippen molar-refractivity contribution in [3.05, 3.63) is 30.0 Å². The number of ether oxygens (including phenoxy) is 1. The first kappa shape index (κ1) is 23.1. The van der Waals surface area contributed by atoms with Gasteiger partial charge in [-0.2, -0.15) is 0 Å². The summed E-state index contributed by atoms with van der Waals surface area (Å²) in [4.78, 5) is 24.9. The van der Waals surface area contributed by atoms with Crippen LogP contribution in [-0.4, -0.2) is 50.5 Å². The van der Waals surface area contributed by atoms with Gasteiger partial charge in [0.15, 0.2) is 5.78 Å². The monoisotopic (exact) mass is 403 g/mol. The molecule has 1 heterocycles. The zero-order valence-corrected chi connectivity index (χ0v) is 18.4. The van der Waals surface area contributed by atoms with Gasteiger partial charge in [0.1, 0.15) is 5.60 Å². The first-order chi connectivity index (χ1) is 13.0. The van der Waals surface area contributed by atoms with Crippen LogP contribution >= 0.6 is 0 Å². The Morgan fingerprint density at radius 2 is 1.66 bits per heavy atom. The first-order valence-corrected chi connectivity index (χ1v) is 9.51. The van der Waals surface area contributed by atoms with E-state index in [9.17, 15) is 19.7 Å². The number of aromatic nitrogens is 1. The van der Waals surface area contributed by atoms with Crippen LogP contribution in [0.4, 0.5) is 4.79 Å². The van der Waals surface area contributed by atoms with E-state index in [2.05, 4.69) is 0 Å². The van der Waals surface area contributed by atoms with Crippen LogP contribution in [0.25, 0.3) is 10.9 Å². The second-order valence-electron chi connectivity index (χ2n) is 9.23. The molecule has 8 heteroatoms. The maximum absolute atomic E-state index is 12.7. The number of benzene rings is 1. The van der Waals surface area contributed by atoms with Gasteiger partial charge in [0, 0.05) is 22.6 Å². The van der Waals surface area contributed by atoms with E-state index < -0.39 is 30.0 Å². The second-order valence-corrected chi connectivity index (χ2v) is 9.23. The summed E-state index contributed by atoms with van der Waals surface area (Å²) < 4.78 is 12.5. The number of carbonyl (C=O) groups is 2. The molecule has 0 radical (unpaired) electrons. The van der Waals surface area contributed by atoms with E-state index in [1.54, 1.807) is 66.7 Å². The lowest BCUT2D eigenvalue weighted by Crippen LogP contribution is -2.53. The SMILES string of the molecule is CC(=O)c1cccc2c1c(B(O)OC(C)(C)C(C)(C)O)cn2C(=O)OC(C)(C)C. The van der Waals surface area contributed by atoms with E-state index in [0.29, 0.717) is 16.5 Å². The summed E-state index contributed by atoms with van der Waals surface area (Å²) in [5.41, 5.74) is -2.06. The lowest BCUT2D eigenvalue weighted by molar-refractivity contribution is -0.0982. The topological polar surface area (TPSA) is 98.0 Å². The molecule has 0 amide bonds. The molecule has 158 valence electrons. The van der Waals surface area contributed by atoms with Crippen LogP contribution in [0.5, 0.6) is 0 Å². The van der Waals surface area contributed by atoms with Crippen LogP contribution in [0.3, 0.4) is 0 Å². The summed E-state index contributed by atoms with van der Waals surface area (Å²) in [7, 11) is -1.48. The van der Waals surface area contributed by atoms with Crippen molar-refractivity contribution < 1.29 is 29.1 Å². The maximum Gasteiger partial charge on any atom is 0.493 e. The number of aliphatic hydroxyl groups is 1. The van der Waals surface area contributed by atoms with Crippen molar-refractivity contribution >= 4 is 35.4 Å². The van der Waals surface area contributed by atoms with Crippen LogP contribution in [0.2, 0.25) is 0 Å². The Labute approximate surface area is 171 Å². The Bertz CT molecular complexity index is 933. The van der Waals surface area contributed by atoms with Crippen LogP contribution in [0.1, 0.15) is 65.7 Å². The number of Topliss-reactive ketones (excluding diaryl/α,β-unsaturated/α-hetero) is 1. The van der Waals surface area contributed by atoms with Crippen molar-refractivity contribution in [2.24, 2.45) is 0 Å². The molecule has 0 aliphatic heterocycles. The molecular formula is C21H30BNO6. The van der Waals surface area contributed by atoms with Gasteiger partial charge in [0.05, 0.1) is 16.7 Å². The Hall–Kier alpha value is -2.16. The fourth-order valence-electron chi connectivity index (χ4n) is 2.75. The average Bonchev–Trinajstić information content (AvgIpc) is 2.91. The van der Waals surface area contributed by atoms with E-state index in [1.807, 2.05) is 0 Å². The predicted molar refractivity (Wildman–Crippen MR) is 113 cm³/mol. The molecule has 0 spiro atoms. The molecule has 2 rings (SSSR count). The van der Waals surface area contributed by atoms with E-state index in [-0.39, 0.29) is 11.2 Å². The summed E-state index contributed by atoms with van der Waals surface area (Å²) in [6.45, 7) is 13.1. The molecule has 0 unspecified atom stereocenters. The maximum atomic E-state index is 12.7. The highest BCUT2D eigenvalue weighted by atomic mass is 16.6. The average molecular weight is 403 g/mol. The van der Waals surface area contributed by atoms with Gasteiger partial charge in [-0.15, -0.1) is 0 Å². The minimum Gasteiger partial charge on any atom is -0.443 e. The molecule has 0 saturated heterocycles. The number of hydrogen-bond donors (Lipinski definition) is 2. The minimum atomic E-state index is -1.48. The Morgan fingerprint density at radius 3 is 2.14 bits per heavy atom. The van der Waals surface area contributed by atoms with Gasteiger partial charge in [-0.05, 0) is 61.5 Å². The fourth-order valence-corrected chi connectivity index (χ4v) is 2.75. The van der Waals surface area contributed by atoms with Gasteiger partial charge in [0.2, 0.25) is 0 Å². The first-order valence-electron chi connectivity index (χ1n) is 9.51. The van der Waals surface area contributed by atoms with Crippen molar-refractivity contribution in [1.29, 1.82) is 0 Å². The molecule has 0 bridgehead atoms. The smallest absolute Gasteiger partial charge is 0.443 e. The van der Waals surface area contributed by atoms with Crippen LogP contribution in [0, 0.1) is 0 Å². The van der Waals surface area contributed by atoms with Crippen molar-refractivity contribution in [3.8, 4) is 0 Å². The minimum absolute atomic E-state index is 0.215. The van der Waals surface area contributed by atoms with Gasteiger partial charge in [-0.1, -0.05) is 12.1 Å². The summed E-state index contributed by atoms with van der Waals surface area (Å²) >= 11 is 0. The third-order valence-electron chi connectivity index (χ3n) is 4.97. The molecule has 1 aromatic heterocycles. The van der Waals surface area contributed by atoms with Crippen molar-refractivity contribution in [2.75, 3.05) is 0 Å². The van der Waals surface area contributed by atoms with E-state index in [4.69, 9.17) is 9.39 Å². The van der Waals surface area contributed by atoms with Gasteiger partial charge in [-0.3, -0.25) is 9.36 Å². The molecule has 0 fully saturated rings. The quantitative estimate of drug-likeness (QED) is 0.589. The van der Waals surface area contributed by atoms with Crippen LogP contribution in [0.15, 0.2) is 24.4 Å². The van der Waals surface area contributed by atoms with E-state index in [0.717, 1.165) is 0 Å². The molecule has 0 atom stereocenters. The molecule has 29 heavy (non-hydrogen) atoms. The molecule has 0 saturated carbocycles. The molecule has 2 aromatic rings. The zero-order chi connectivity index (χ0) is 22.4. The number of rotatable bonds is 5. The van der Waals surface area contributed by atoms with Gasteiger partial charge in [0.25, 0.3) is 0 Å². The lowest BCUT2D eigenvalue weighted by Gasteiger charge is -2.38. The highest BCUT2D eigenvalue weighted by molar-refractivity contribution is 6.64. The van der Waals surface area contributed by atoms with E-state index >= 15 is 0 Å². The molecular weight excluding hydrogens is 373 g/mol. The fraction of sp³-hybridized carbons (Fsp3) is 0.524. The third-order valence-corrected chi connectivity index (χ3v) is 4.97. The molecule has 1 aromatic carbocycles. The van der Waals surface area contributed by atoms with Crippen molar-refractivity contribution in [1.82, 2.24) is 4.57 Å². The summed E-state index contributed by atoms with van der Waals surface area (Å²) in [6, 6.07) is 4.96. The van der Waals surface area contributed by atoms with Crippen molar-refractivity contribution in [3.63, 3.8) is 0 Å². The highest BCUT2D eigenvalue weighted by Crippen LogP contribution is 2.27. The standard InChI is InChI=1S/C21H30BNO6/c1-13(24)14-10-9-11-16-17(14)15(12-23(16)18(25)28-19(2,3)4)22(27)29-21(7,8)20(5,6)26/h9-12,26-27H,1-8H3. The van der Waals surface area contributed by atoms with Crippen molar-refractivity contribution in [2.45, 2.75) is 72.2 Å². The highest BCUT2D eigenvalue weighted by Gasteiger charge is 2.41. The molecule has 0 aliphatic carbocycles. The molecule has 7 nitrogen and oxygen atoms in total. The van der Waals surface area contributed by atoms with Crippen LogP contribution in [-0.2, 0) is 9.39 Å². The van der Waals surface area contributed by atoms with E-state index in [1.165, 1.54) is 17.7 Å². The Balaban J connectivity index is 2.65.